The highest BCUT2D eigenvalue weighted by atomic mass is 79.9. The largest absolute Gasteiger partial charge is 0.309 e. The van der Waals surface area contributed by atoms with Crippen LogP contribution in [0.3, 0.4) is 0 Å². The van der Waals surface area contributed by atoms with Gasteiger partial charge in [-0.05, 0) is 36.3 Å². The van der Waals surface area contributed by atoms with E-state index in [2.05, 4.69) is 21.2 Å². The van der Waals surface area contributed by atoms with Crippen LogP contribution < -0.4 is 5.32 Å². The predicted octanol–water partition coefficient (Wildman–Crippen LogP) is 3.82. The minimum Gasteiger partial charge on any atom is -0.309 e. The molecule has 15 heavy (non-hydrogen) atoms. The molecule has 1 N–H and O–H groups in total. The summed E-state index contributed by atoms with van der Waals surface area (Å²) in [4.78, 5) is 0. The van der Waals surface area contributed by atoms with Crippen LogP contribution in [0.2, 0.25) is 0 Å². The Balaban J connectivity index is 2.54. The van der Waals surface area contributed by atoms with E-state index in [-0.39, 0.29) is 5.82 Å². The Morgan fingerprint density at radius 3 is 3.00 bits per heavy atom. The van der Waals surface area contributed by atoms with Crippen molar-refractivity contribution in [1.29, 1.82) is 0 Å². The normalized spacial score (nSPS) is 11.9. The fourth-order valence-corrected chi connectivity index (χ4v) is 1.58. The summed E-state index contributed by atoms with van der Waals surface area (Å²) in [6, 6.07) is 4.64. The van der Waals surface area contributed by atoms with Gasteiger partial charge in [-0.15, -0.1) is 0 Å². The molecule has 0 atom stereocenters. The Bertz CT molecular complexity index is 366. The van der Waals surface area contributed by atoms with Gasteiger partial charge in [0, 0.05) is 23.1 Å². The van der Waals surface area contributed by atoms with Crippen LogP contribution in [-0.2, 0) is 6.54 Å². The molecule has 0 aliphatic rings. The van der Waals surface area contributed by atoms with Crippen molar-refractivity contribution in [3.05, 3.63) is 45.2 Å². The average molecular weight is 293 g/mol. The van der Waals surface area contributed by atoms with Gasteiger partial charge in [0.25, 0.3) is 0 Å². The first-order valence-corrected chi connectivity index (χ1v) is 5.77. The lowest BCUT2D eigenvalue weighted by molar-refractivity contribution is 0.621. The zero-order chi connectivity index (χ0) is 11.3. The molecule has 1 aromatic rings. The van der Waals surface area contributed by atoms with Crippen LogP contribution in [0.1, 0.15) is 12.5 Å². The fraction of sp³-hybridized carbons (Fsp3) is 0.273. The maximum absolute atomic E-state index is 12.9. The summed E-state index contributed by atoms with van der Waals surface area (Å²) < 4.78 is 13.8. The molecule has 0 saturated heterocycles. The van der Waals surface area contributed by atoms with Crippen LogP contribution in [-0.4, -0.2) is 6.54 Å². The molecular formula is C11H12BrClFN. The molecule has 0 spiro atoms. The zero-order valence-electron chi connectivity index (χ0n) is 8.36. The first-order chi connectivity index (χ1) is 7.13. The minimum atomic E-state index is -0.223. The van der Waals surface area contributed by atoms with Gasteiger partial charge < -0.3 is 5.32 Å². The summed E-state index contributed by atoms with van der Waals surface area (Å²) in [7, 11) is 0. The molecule has 1 nitrogen and oxygen atoms in total. The quantitative estimate of drug-likeness (QED) is 0.889. The van der Waals surface area contributed by atoms with Gasteiger partial charge in [0.15, 0.2) is 0 Å². The van der Waals surface area contributed by atoms with Crippen LogP contribution in [0.4, 0.5) is 4.39 Å². The van der Waals surface area contributed by atoms with Gasteiger partial charge in [0.2, 0.25) is 0 Å². The van der Waals surface area contributed by atoms with E-state index in [9.17, 15) is 4.39 Å². The van der Waals surface area contributed by atoms with E-state index in [0.717, 1.165) is 15.6 Å². The molecule has 0 saturated carbocycles. The Labute approximate surface area is 102 Å². The van der Waals surface area contributed by atoms with E-state index in [1.165, 1.54) is 17.7 Å². The summed E-state index contributed by atoms with van der Waals surface area (Å²) in [5.41, 5.74) is 3.48. The second kappa shape index (κ2) is 6.26. The third-order valence-electron chi connectivity index (χ3n) is 1.91. The van der Waals surface area contributed by atoms with E-state index >= 15 is 0 Å². The molecule has 0 unspecified atom stereocenters. The Morgan fingerprint density at radius 2 is 2.33 bits per heavy atom. The number of benzene rings is 1. The molecule has 0 amide bonds. The predicted molar refractivity (Wildman–Crippen MR) is 65.4 cm³/mol. The number of hydrogen-bond donors (Lipinski definition) is 1. The maximum atomic E-state index is 12.9. The lowest BCUT2D eigenvalue weighted by atomic mass is 10.2. The molecular weight excluding hydrogens is 280 g/mol. The van der Waals surface area contributed by atoms with Gasteiger partial charge in [-0.25, -0.2) is 4.39 Å². The van der Waals surface area contributed by atoms with E-state index in [4.69, 9.17) is 11.6 Å². The van der Waals surface area contributed by atoms with Gasteiger partial charge in [-0.3, -0.25) is 0 Å². The van der Waals surface area contributed by atoms with Gasteiger partial charge in [0.05, 0.1) is 0 Å². The fourth-order valence-electron chi connectivity index (χ4n) is 1.11. The molecule has 0 fully saturated rings. The highest BCUT2D eigenvalue weighted by Gasteiger charge is 2.01. The molecule has 1 rings (SSSR count). The van der Waals surface area contributed by atoms with Crippen LogP contribution >= 0.6 is 27.5 Å². The van der Waals surface area contributed by atoms with Crippen molar-refractivity contribution in [2.45, 2.75) is 13.5 Å². The topological polar surface area (TPSA) is 12.0 Å². The molecule has 82 valence electrons. The van der Waals surface area contributed by atoms with Crippen LogP contribution in [0.15, 0.2) is 33.8 Å². The summed E-state index contributed by atoms with van der Waals surface area (Å²) in [6.07, 6.45) is 0. The van der Waals surface area contributed by atoms with Crippen molar-refractivity contribution >= 4 is 27.5 Å². The summed E-state index contributed by atoms with van der Waals surface area (Å²) in [6.45, 7) is 3.24. The smallest absolute Gasteiger partial charge is 0.123 e. The molecule has 0 aliphatic heterocycles. The summed E-state index contributed by atoms with van der Waals surface area (Å²) in [5.74, 6) is -0.223. The second-order valence-corrected chi connectivity index (χ2v) is 4.37. The highest BCUT2D eigenvalue weighted by molar-refractivity contribution is 9.10. The lowest BCUT2D eigenvalue weighted by Gasteiger charge is -2.06. The standard InChI is InChI=1S/C11H12BrClFN/c1-8(5-13)6-15-7-9-4-10(14)2-3-11(9)12/h2-5,15H,6-7H2,1H3/b8-5-. The van der Waals surface area contributed by atoms with Crippen LogP contribution in [0.5, 0.6) is 0 Å². The molecule has 0 aliphatic carbocycles. The van der Waals surface area contributed by atoms with Crippen LogP contribution in [0, 0.1) is 5.82 Å². The molecule has 4 heteroatoms. The van der Waals surface area contributed by atoms with Gasteiger partial charge in [-0.2, -0.15) is 0 Å². The summed E-state index contributed by atoms with van der Waals surface area (Å²) >= 11 is 8.89. The van der Waals surface area contributed by atoms with Gasteiger partial charge in [-0.1, -0.05) is 27.5 Å². The maximum Gasteiger partial charge on any atom is 0.123 e. The Morgan fingerprint density at radius 1 is 1.60 bits per heavy atom. The third-order valence-corrected chi connectivity index (χ3v) is 3.06. The highest BCUT2D eigenvalue weighted by Crippen LogP contribution is 2.17. The van der Waals surface area contributed by atoms with Crippen molar-refractivity contribution in [2.24, 2.45) is 0 Å². The number of hydrogen-bond acceptors (Lipinski definition) is 1. The monoisotopic (exact) mass is 291 g/mol. The lowest BCUT2D eigenvalue weighted by Crippen LogP contribution is -2.15. The SMILES string of the molecule is C/C(=C/Cl)CNCc1cc(F)ccc1Br. The number of nitrogens with one attached hydrogen (secondary N) is 1. The molecule has 0 radical (unpaired) electrons. The summed E-state index contributed by atoms with van der Waals surface area (Å²) in [5, 5.41) is 3.17. The Kier molecular flexibility index (Phi) is 5.29. The van der Waals surface area contributed by atoms with Crippen molar-refractivity contribution < 1.29 is 4.39 Å². The first-order valence-electron chi connectivity index (χ1n) is 4.54. The van der Waals surface area contributed by atoms with E-state index < -0.39 is 0 Å². The number of rotatable bonds is 4. The molecule has 0 aromatic heterocycles. The molecule has 1 aromatic carbocycles. The number of halogens is 3. The third kappa shape index (κ3) is 4.33. The van der Waals surface area contributed by atoms with Crippen molar-refractivity contribution in [3.8, 4) is 0 Å². The van der Waals surface area contributed by atoms with E-state index in [1.54, 1.807) is 6.07 Å². The van der Waals surface area contributed by atoms with Crippen molar-refractivity contribution in [2.75, 3.05) is 6.54 Å². The molecule has 0 heterocycles. The second-order valence-electron chi connectivity index (χ2n) is 3.29. The molecule has 0 bridgehead atoms. The van der Waals surface area contributed by atoms with Crippen LogP contribution in [0.25, 0.3) is 0 Å². The average Bonchev–Trinajstić information content (AvgIpc) is 2.23. The van der Waals surface area contributed by atoms with Gasteiger partial charge in [0.1, 0.15) is 5.82 Å². The first kappa shape index (κ1) is 12.7. The zero-order valence-corrected chi connectivity index (χ0v) is 10.7. The van der Waals surface area contributed by atoms with Crippen molar-refractivity contribution in [3.63, 3.8) is 0 Å². The van der Waals surface area contributed by atoms with E-state index in [1.807, 2.05) is 6.92 Å². The van der Waals surface area contributed by atoms with Crippen molar-refractivity contribution in [1.82, 2.24) is 5.32 Å². The van der Waals surface area contributed by atoms with E-state index in [0.29, 0.717) is 13.1 Å². The minimum absolute atomic E-state index is 0.223. The van der Waals surface area contributed by atoms with Gasteiger partial charge >= 0.3 is 0 Å². The Hall–Kier alpha value is -0.380.